The fourth-order valence-electron chi connectivity index (χ4n) is 2.55. The summed E-state index contributed by atoms with van der Waals surface area (Å²) in [4.78, 5) is 4.45. The van der Waals surface area contributed by atoms with E-state index < -0.39 is 0 Å². The van der Waals surface area contributed by atoms with Crippen LogP contribution in [0.1, 0.15) is 25.3 Å². The normalized spacial score (nSPS) is 24.3. The van der Waals surface area contributed by atoms with Crippen LogP contribution in [0.5, 0.6) is 0 Å². The van der Waals surface area contributed by atoms with Crippen LogP contribution < -0.4 is 10.6 Å². The Balaban J connectivity index is 1.53. The Morgan fingerprint density at radius 2 is 2.11 bits per heavy atom. The number of aliphatic imine (C=N–C) groups is 1. The number of nitrogens with one attached hydrogen (secondary N) is 2. The maximum atomic E-state index is 4.45. The molecule has 18 heavy (non-hydrogen) atoms. The number of guanidine groups is 1. The molecule has 2 N–H and O–H groups in total. The Kier molecular flexibility index (Phi) is 2.98. The average Bonchev–Trinajstić information content (AvgIpc) is 3.02. The number of hydrogen-bond donors (Lipinski definition) is 2. The first-order chi connectivity index (χ1) is 8.76. The lowest BCUT2D eigenvalue weighted by Gasteiger charge is -2.17. The van der Waals surface area contributed by atoms with Crippen molar-refractivity contribution in [1.82, 2.24) is 10.6 Å². The quantitative estimate of drug-likeness (QED) is 0.848. The summed E-state index contributed by atoms with van der Waals surface area (Å²) in [6, 6.07) is 11.3. The summed E-state index contributed by atoms with van der Waals surface area (Å²) in [7, 11) is 0. The minimum Gasteiger partial charge on any atom is -0.356 e. The second kappa shape index (κ2) is 4.63. The van der Waals surface area contributed by atoms with Crippen molar-refractivity contribution < 1.29 is 0 Å². The zero-order valence-electron chi connectivity index (χ0n) is 10.9. The van der Waals surface area contributed by atoms with E-state index in [0.29, 0.717) is 11.5 Å². The van der Waals surface area contributed by atoms with E-state index in [0.717, 1.165) is 19.0 Å². The number of rotatable bonds is 4. The molecule has 1 aliphatic heterocycles. The van der Waals surface area contributed by atoms with Crippen LogP contribution in [-0.2, 0) is 6.42 Å². The molecule has 96 valence electrons. The Bertz CT molecular complexity index is 434. The minimum absolute atomic E-state index is 0.470. The van der Waals surface area contributed by atoms with Gasteiger partial charge in [-0.1, -0.05) is 30.3 Å². The molecule has 0 bridgehead atoms. The summed E-state index contributed by atoms with van der Waals surface area (Å²) in [6.07, 6.45) is 3.85. The minimum atomic E-state index is 0.470. The van der Waals surface area contributed by atoms with E-state index in [1.807, 2.05) is 0 Å². The monoisotopic (exact) mass is 243 g/mol. The molecule has 1 aromatic carbocycles. The van der Waals surface area contributed by atoms with Crippen molar-refractivity contribution in [1.29, 1.82) is 0 Å². The number of nitrogens with zero attached hydrogens (tertiary/aromatic N) is 1. The van der Waals surface area contributed by atoms with Gasteiger partial charge in [0.05, 0.1) is 6.54 Å². The topological polar surface area (TPSA) is 36.4 Å². The van der Waals surface area contributed by atoms with Gasteiger partial charge in [0.1, 0.15) is 0 Å². The first kappa shape index (κ1) is 11.6. The van der Waals surface area contributed by atoms with Crippen LogP contribution in [0.25, 0.3) is 0 Å². The van der Waals surface area contributed by atoms with Gasteiger partial charge >= 0.3 is 0 Å². The molecule has 0 spiro atoms. The van der Waals surface area contributed by atoms with E-state index in [-0.39, 0.29) is 0 Å². The molecule has 1 heterocycles. The molecule has 1 atom stereocenters. The van der Waals surface area contributed by atoms with E-state index in [4.69, 9.17) is 0 Å². The smallest absolute Gasteiger partial charge is 0.191 e. The zero-order valence-corrected chi connectivity index (χ0v) is 10.9. The van der Waals surface area contributed by atoms with E-state index in [1.165, 1.54) is 24.8 Å². The predicted molar refractivity (Wildman–Crippen MR) is 74.7 cm³/mol. The van der Waals surface area contributed by atoms with Gasteiger partial charge in [-0.3, -0.25) is 4.99 Å². The lowest BCUT2D eigenvalue weighted by atomic mass is 9.96. The Morgan fingerprint density at radius 1 is 1.33 bits per heavy atom. The summed E-state index contributed by atoms with van der Waals surface area (Å²) in [5, 5.41) is 6.83. The highest BCUT2D eigenvalue weighted by Crippen LogP contribution is 2.47. The maximum absolute atomic E-state index is 4.45. The highest BCUT2D eigenvalue weighted by molar-refractivity contribution is 5.81. The second-order valence-corrected chi connectivity index (χ2v) is 5.75. The molecule has 0 saturated heterocycles. The molecule has 1 aliphatic carbocycles. The Morgan fingerprint density at radius 3 is 2.72 bits per heavy atom. The van der Waals surface area contributed by atoms with Crippen LogP contribution in [0.4, 0.5) is 0 Å². The van der Waals surface area contributed by atoms with Gasteiger partial charge < -0.3 is 10.6 Å². The Labute approximate surface area is 109 Å². The molecular formula is C15H21N3. The van der Waals surface area contributed by atoms with Crippen molar-refractivity contribution in [3.8, 4) is 0 Å². The number of benzene rings is 1. The Hall–Kier alpha value is -1.51. The zero-order chi connectivity index (χ0) is 12.4. The van der Waals surface area contributed by atoms with Crippen molar-refractivity contribution in [2.75, 3.05) is 13.1 Å². The average molecular weight is 243 g/mol. The summed E-state index contributed by atoms with van der Waals surface area (Å²) in [5.74, 6) is 0.988. The summed E-state index contributed by atoms with van der Waals surface area (Å²) < 4.78 is 0. The van der Waals surface area contributed by atoms with Gasteiger partial charge in [-0.25, -0.2) is 0 Å². The SMILES string of the molecule is CC1CN=C(NCC2(Cc3ccccc3)CC2)N1. The van der Waals surface area contributed by atoms with E-state index in [1.54, 1.807) is 0 Å². The van der Waals surface area contributed by atoms with Gasteiger partial charge in [-0.2, -0.15) is 0 Å². The first-order valence-corrected chi connectivity index (χ1v) is 6.85. The molecular weight excluding hydrogens is 222 g/mol. The first-order valence-electron chi connectivity index (χ1n) is 6.85. The predicted octanol–water partition coefficient (Wildman–Crippen LogP) is 1.95. The second-order valence-electron chi connectivity index (χ2n) is 5.75. The van der Waals surface area contributed by atoms with Crippen molar-refractivity contribution in [2.24, 2.45) is 10.4 Å². The van der Waals surface area contributed by atoms with Gasteiger partial charge in [-0.05, 0) is 37.2 Å². The summed E-state index contributed by atoms with van der Waals surface area (Å²) >= 11 is 0. The van der Waals surface area contributed by atoms with Gasteiger partial charge in [0, 0.05) is 12.6 Å². The lowest BCUT2D eigenvalue weighted by Crippen LogP contribution is -2.40. The fourth-order valence-corrected chi connectivity index (χ4v) is 2.55. The summed E-state index contributed by atoms with van der Waals surface area (Å²) in [5.41, 5.74) is 1.92. The van der Waals surface area contributed by atoms with Gasteiger partial charge in [0.2, 0.25) is 0 Å². The molecule has 1 unspecified atom stereocenters. The molecule has 0 aromatic heterocycles. The third-order valence-electron chi connectivity index (χ3n) is 3.92. The van der Waals surface area contributed by atoms with Crippen LogP contribution in [0.2, 0.25) is 0 Å². The van der Waals surface area contributed by atoms with Gasteiger partial charge in [0.15, 0.2) is 5.96 Å². The van der Waals surface area contributed by atoms with Crippen LogP contribution in [0, 0.1) is 5.41 Å². The van der Waals surface area contributed by atoms with E-state index in [2.05, 4.69) is 52.9 Å². The van der Waals surface area contributed by atoms with Crippen molar-refractivity contribution in [3.63, 3.8) is 0 Å². The van der Waals surface area contributed by atoms with Crippen molar-refractivity contribution in [3.05, 3.63) is 35.9 Å². The van der Waals surface area contributed by atoms with Crippen LogP contribution >= 0.6 is 0 Å². The lowest BCUT2D eigenvalue weighted by molar-refractivity contribution is 0.493. The molecule has 1 aromatic rings. The molecule has 1 fully saturated rings. The maximum Gasteiger partial charge on any atom is 0.191 e. The van der Waals surface area contributed by atoms with Crippen molar-refractivity contribution in [2.45, 2.75) is 32.2 Å². The fraction of sp³-hybridized carbons (Fsp3) is 0.533. The molecule has 0 radical (unpaired) electrons. The molecule has 3 heteroatoms. The third-order valence-corrected chi connectivity index (χ3v) is 3.92. The van der Waals surface area contributed by atoms with Crippen LogP contribution in [-0.4, -0.2) is 25.1 Å². The largest absolute Gasteiger partial charge is 0.356 e. The molecule has 0 amide bonds. The van der Waals surface area contributed by atoms with Crippen LogP contribution in [0.15, 0.2) is 35.3 Å². The van der Waals surface area contributed by atoms with Gasteiger partial charge in [0.25, 0.3) is 0 Å². The highest BCUT2D eigenvalue weighted by Gasteiger charge is 2.42. The van der Waals surface area contributed by atoms with E-state index in [9.17, 15) is 0 Å². The standard InChI is InChI=1S/C15H21N3/c1-12-10-16-14(18-12)17-11-15(7-8-15)9-13-5-3-2-4-6-13/h2-6,12H,7-11H2,1H3,(H2,16,17,18). The summed E-state index contributed by atoms with van der Waals surface area (Å²) in [6.45, 7) is 4.10. The molecule has 1 saturated carbocycles. The molecule has 3 nitrogen and oxygen atoms in total. The highest BCUT2D eigenvalue weighted by atomic mass is 15.2. The molecule has 2 aliphatic rings. The third kappa shape index (κ3) is 2.66. The van der Waals surface area contributed by atoms with Crippen LogP contribution in [0.3, 0.4) is 0 Å². The van der Waals surface area contributed by atoms with Crippen molar-refractivity contribution >= 4 is 5.96 Å². The molecule has 3 rings (SSSR count). The number of hydrogen-bond acceptors (Lipinski definition) is 3. The van der Waals surface area contributed by atoms with E-state index >= 15 is 0 Å². The van der Waals surface area contributed by atoms with Gasteiger partial charge in [-0.15, -0.1) is 0 Å².